The van der Waals surface area contributed by atoms with Crippen LogP contribution in [-0.2, 0) is 6.61 Å². The normalized spacial score (nSPS) is 17.5. The van der Waals surface area contributed by atoms with E-state index in [9.17, 15) is 0 Å². The zero-order valence-corrected chi connectivity index (χ0v) is 8.95. The maximum atomic E-state index is 9.09. The third-order valence-electron chi connectivity index (χ3n) is 2.80. The molecule has 1 fully saturated rings. The molecule has 1 aromatic rings. The largest absolute Gasteiger partial charge is 0.392 e. The summed E-state index contributed by atoms with van der Waals surface area (Å²) in [7, 11) is 0. The lowest BCUT2D eigenvalue weighted by molar-refractivity contribution is 0.282. The van der Waals surface area contributed by atoms with Gasteiger partial charge in [-0.3, -0.25) is 0 Å². The van der Waals surface area contributed by atoms with E-state index in [1.165, 1.54) is 12.1 Å². The molecule has 0 unspecified atom stereocenters. The van der Waals surface area contributed by atoms with E-state index in [1.54, 1.807) is 0 Å². The molecule has 2 N–H and O–H groups in total. The summed E-state index contributed by atoms with van der Waals surface area (Å²) in [6, 6.07) is 8.16. The van der Waals surface area contributed by atoms with E-state index in [1.807, 2.05) is 12.1 Å². The first kappa shape index (κ1) is 10.5. The number of aliphatic hydroxyl groups excluding tert-OH is 1. The minimum Gasteiger partial charge on any atom is -0.392 e. The molecule has 0 radical (unpaired) electrons. The van der Waals surface area contributed by atoms with Crippen molar-refractivity contribution in [2.45, 2.75) is 13.0 Å². The third kappa shape index (κ3) is 2.70. The van der Waals surface area contributed by atoms with E-state index in [0.717, 1.165) is 31.7 Å². The van der Waals surface area contributed by atoms with Gasteiger partial charge in [0.25, 0.3) is 0 Å². The number of benzene rings is 1. The SMILES string of the molecule is OCc1cccc(N2CCCNCC2)c1. The number of hydrogen-bond donors (Lipinski definition) is 2. The van der Waals surface area contributed by atoms with Crippen LogP contribution in [0, 0.1) is 0 Å². The molecule has 1 saturated heterocycles. The molecular formula is C12H18N2O. The second-order valence-electron chi connectivity index (χ2n) is 3.92. The van der Waals surface area contributed by atoms with Crippen molar-refractivity contribution in [2.75, 3.05) is 31.1 Å². The average molecular weight is 206 g/mol. The Hall–Kier alpha value is -1.06. The number of hydrogen-bond acceptors (Lipinski definition) is 3. The van der Waals surface area contributed by atoms with Crippen LogP contribution in [0.3, 0.4) is 0 Å². The van der Waals surface area contributed by atoms with Gasteiger partial charge in [-0.2, -0.15) is 0 Å². The summed E-state index contributed by atoms with van der Waals surface area (Å²) in [5.41, 5.74) is 2.22. The molecule has 1 heterocycles. The molecule has 0 atom stereocenters. The minimum atomic E-state index is 0.125. The van der Waals surface area contributed by atoms with E-state index in [4.69, 9.17) is 5.11 Å². The van der Waals surface area contributed by atoms with E-state index < -0.39 is 0 Å². The molecule has 1 aliphatic heterocycles. The van der Waals surface area contributed by atoms with Gasteiger partial charge in [0.15, 0.2) is 0 Å². The molecule has 3 heteroatoms. The standard InChI is InChI=1S/C12H18N2O/c15-10-11-3-1-4-12(9-11)14-7-2-5-13-6-8-14/h1,3-4,9,13,15H,2,5-8,10H2. The highest BCUT2D eigenvalue weighted by Crippen LogP contribution is 2.16. The highest BCUT2D eigenvalue weighted by atomic mass is 16.3. The monoisotopic (exact) mass is 206 g/mol. The Morgan fingerprint density at radius 1 is 1.27 bits per heavy atom. The number of nitrogens with one attached hydrogen (secondary N) is 1. The fraction of sp³-hybridized carbons (Fsp3) is 0.500. The Morgan fingerprint density at radius 3 is 3.07 bits per heavy atom. The highest BCUT2D eigenvalue weighted by Gasteiger charge is 2.09. The van der Waals surface area contributed by atoms with Crippen molar-refractivity contribution in [3.63, 3.8) is 0 Å². The van der Waals surface area contributed by atoms with Gasteiger partial charge in [-0.15, -0.1) is 0 Å². The van der Waals surface area contributed by atoms with Gasteiger partial charge in [-0.05, 0) is 30.7 Å². The van der Waals surface area contributed by atoms with Gasteiger partial charge < -0.3 is 15.3 Å². The molecule has 0 amide bonds. The van der Waals surface area contributed by atoms with Crippen LogP contribution >= 0.6 is 0 Å². The van der Waals surface area contributed by atoms with Crippen molar-refractivity contribution in [1.29, 1.82) is 0 Å². The molecule has 0 aromatic heterocycles. The molecule has 0 spiro atoms. The first-order valence-corrected chi connectivity index (χ1v) is 5.55. The number of nitrogens with zero attached hydrogens (tertiary/aromatic N) is 1. The lowest BCUT2D eigenvalue weighted by atomic mass is 10.2. The molecule has 1 aliphatic rings. The van der Waals surface area contributed by atoms with Crippen LogP contribution in [0.4, 0.5) is 5.69 Å². The smallest absolute Gasteiger partial charge is 0.0682 e. The maximum Gasteiger partial charge on any atom is 0.0682 e. The molecule has 2 rings (SSSR count). The van der Waals surface area contributed by atoms with Crippen molar-refractivity contribution in [3.05, 3.63) is 29.8 Å². The fourth-order valence-corrected chi connectivity index (χ4v) is 1.96. The fourth-order valence-electron chi connectivity index (χ4n) is 1.96. The minimum absolute atomic E-state index is 0.125. The Kier molecular flexibility index (Phi) is 3.59. The Bertz CT molecular complexity index is 306. The third-order valence-corrected chi connectivity index (χ3v) is 2.80. The van der Waals surface area contributed by atoms with Crippen LogP contribution in [0.2, 0.25) is 0 Å². The van der Waals surface area contributed by atoms with Gasteiger partial charge >= 0.3 is 0 Å². The molecule has 1 aromatic carbocycles. The van der Waals surface area contributed by atoms with Crippen molar-refractivity contribution in [2.24, 2.45) is 0 Å². The van der Waals surface area contributed by atoms with Crippen LogP contribution in [0.15, 0.2) is 24.3 Å². The second kappa shape index (κ2) is 5.14. The quantitative estimate of drug-likeness (QED) is 0.757. The van der Waals surface area contributed by atoms with Gasteiger partial charge in [-0.25, -0.2) is 0 Å². The van der Waals surface area contributed by atoms with Gasteiger partial charge in [0.2, 0.25) is 0 Å². The lowest BCUT2D eigenvalue weighted by Crippen LogP contribution is -2.27. The maximum absolute atomic E-state index is 9.09. The van der Waals surface area contributed by atoms with E-state index in [0.29, 0.717) is 0 Å². The molecule has 0 saturated carbocycles. The zero-order chi connectivity index (χ0) is 10.5. The van der Waals surface area contributed by atoms with Crippen molar-refractivity contribution >= 4 is 5.69 Å². The number of rotatable bonds is 2. The Labute approximate surface area is 90.7 Å². The second-order valence-corrected chi connectivity index (χ2v) is 3.92. The molecule has 3 nitrogen and oxygen atoms in total. The summed E-state index contributed by atoms with van der Waals surface area (Å²) < 4.78 is 0. The molecule has 82 valence electrons. The first-order chi connectivity index (χ1) is 7.40. The van der Waals surface area contributed by atoms with Crippen LogP contribution in [-0.4, -0.2) is 31.3 Å². The molecule has 15 heavy (non-hydrogen) atoms. The highest BCUT2D eigenvalue weighted by molar-refractivity contribution is 5.48. The molecule has 0 aliphatic carbocycles. The topological polar surface area (TPSA) is 35.5 Å². The summed E-state index contributed by atoms with van der Waals surface area (Å²) in [4.78, 5) is 2.37. The predicted molar refractivity (Wildman–Crippen MR) is 62.1 cm³/mol. The van der Waals surface area contributed by atoms with Crippen molar-refractivity contribution in [3.8, 4) is 0 Å². The van der Waals surface area contributed by atoms with Crippen molar-refractivity contribution < 1.29 is 5.11 Å². The van der Waals surface area contributed by atoms with E-state index >= 15 is 0 Å². The van der Waals surface area contributed by atoms with E-state index in [-0.39, 0.29) is 6.61 Å². The van der Waals surface area contributed by atoms with Gasteiger partial charge in [-0.1, -0.05) is 12.1 Å². The van der Waals surface area contributed by atoms with E-state index in [2.05, 4.69) is 22.3 Å². The van der Waals surface area contributed by atoms with Crippen LogP contribution in [0.5, 0.6) is 0 Å². The molecule has 0 bridgehead atoms. The van der Waals surface area contributed by atoms with Gasteiger partial charge in [0.1, 0.15) is 0 Å². The van der Waals surface area contributed by atoms with Crippen molar-refractivity contribution in [1.82, 2.24) is 5.32 Å². The average Bonchev–Trinajstić information content (AvgIpc) is 2.58. The Morgan fingerprint density at radius 2 is 2.20 bits per heavy atom. The number of anilines is 1. The summed E-state index contributed by atoms with van der Waals surface area (Å²) >= 11 is 0. The van der Waals surface area contributed by atoms with Crippen LogP contribution < -0.4 is 10.2 Å². The lowest BCUT2D eigenvalue weighted by Gasteiger charge is -2.22. The summed E-state index contributed by atoms with van der Waals surface area (Å²) in [6.07, 6.45) is 1.18. The zero-order valence-electron chi connectivity index (χ0n) is 8.95. The predicted octanol–water partition coefficient (Wildman–Crippen LogP) is 0.979. The van der Waals surface area contributed by atoms with Gasteiger partial charge in [0.05, 0.1) is 6.61 Å². The van der Waals surface area contributed by atoms with Gasteiger partial charge in [0, 0.05) is 25.3 Å². The summed E-state index contributed by atoms with van der Waals surface area (Å²) in [5.74, 6) is 0. The number of aliphatic hydroxyl groups is 1. The summed E-state index contributed by atoms with van der Waals surface area (Å²) in [6.45, 7) is 4.43. The summed E-state index contributed by atoms with van der Waals surface area (Å²) in [5, 5.41) is 12.5. The van der Waals surface area contributed by atoms with Crippen LogP contribution in [0.25, 0.3) is 0 Å². The first-order valence-electron chi connectivity index (χ1n) is 5.55. The molecular weight excluding hydrogens is 188 g/mol. The Balaban J connectivity index is 2.12. The van der Waals surface area contributed by atoms with Crippen LogP contribution in [0.1, 0.15) is 12.0 Å².